The number of aromatic nitrogens is 3. The van der Waals surface area contributed by atoms with Gasteiger partial charge < -0.3 is 4.90 Å². The van der Waals surface area contributed by atoms with Crippen molar-refractivity contribution in [2.24, 2.45) is 0 Å². The molecule has 1 unspecified atom stereocenters. The number of likely N-dealkylation sites (tertiary alicyclic amines) is 1. The summed E-state index contributed by atoms with van der Waals surface area (Å²) in [5.74, 6) is -1.45. The van der Waals surface area contributed by atoms with Gasteiger partial charge in [0.2, 0.25) is 0 Å². The molecule has 164 valence electrons. The highest BCUT2D eigenvalue weighted by atomic mass is 19.4. The van der Waals surface area contributed by atoms with E-state index in [9.17, 15) is 22.4 Å². The molecule has 0 aliphatic carbocycles. The molecule has 1 saturated heterocycles. The molecule has 1 aliphatic heterocycles. The number of alkyl halides is 3. The van der Waals surface area contributed by atoms with E-state index in [0.29, 0.717) is 30.8 Å². The molecule has 31 heavy (non-hydrogen) atoms. The van der Waals surface area contributed by atoms with Crippen molar-refractivity contribution in [2.45, 2.75) is 44.7 Å². The molecular formula is C22H22F4N4O. The SMILES string of the molecule is CC(C)c1cc(C(F)(F)F)n2nc(C3CCCN(C(=O)c4ccccc4F)C3)cc2n1. The average Bonchev–Trinajstić information content (AvgIpc) is 3.16. The van der Waals surface area contributed by atoms with E-state index in [1.165, 1.54) is 23.1 Å². The van der Waals surface area contributed by atoms with Gasteiger partial charge in [-0.1, -0.05) is 26.0 Å². The van der Waals surface area contributed by atoms with Crippen LogP contribution in [0.5, 0.6) is 0 Å². The minimum absolute atomic E-state index is 0.0132. The Morgan fingerprint density at radius 1 is 1.19 bits per heavy atom. The second-order valence-corrected chi connectivity index (χ2v) is 8.13. The summed E-state index contributed by atoms with van der Waals surface area (Å²) >= 11 is 0. The van der Waals surface area contributed by atoms with Crippen LogP contribution in [0.4, 0.5) is 17.6 Å². The molecule has 0 spiro atoms. The van der Waals surface area contributed by atoms with Crippen molar-refractivity contribution < 1.29 is 22.4 Å². The lowest BCUT2D eigenvalue weighted by Gasteiger charge is -2.32. The maximum absolute atomic E-state index is 14.0. The van der Waals surface area contributed by atoms with Gasteiger partial charge in [0.1, 0.15) is 11.5 Å². The molecular weight excluding hydrogens is 412 g/mol. The van der Waals surface area contributed by atoms with E-state index >= 15 is 0 Å². The zero-order chi connectivity index (χ0) is 22.3. The Labute approximate surface area is 176 Å². The number of amides is 1. The van der Waals surface area contributed by atoms with Crippen LogP contribution in [0.1, 0.15) is 66.0 Å². The minimum Gasteiger partial charge on any atom is -0.338 e. The molecule has 3 heterocycles. The van der Waals surface area contributed by atoms with E-state index in [4.69, 9.17) is 0 Å². The van der Waals surface area contributed by atoms with Crippen molar-refractivity contribution in [3.63, 3.8) is 0 Å². The van der Waals surface area contributed by atoms with Crippen LogP contribution in [0.25, 0.3) is 5.65 Å². The first-order valence-corrected chi connectivity index (χ1v) is 10.2. The summed E-state index contributed by atoms with van der Waals surface area (Å²) in [7, 11) is 0. The molecule has 0 N–H and O–H groups in total. The van der Waals surface area contributed by atoms with Crippen molar-refractivity contribution in [1.29, 1.82) is 0 Å². The van der Waals surface area contributed by atoms with Crippen LogP contribution in [0.3, 0.4) is 0 Å². The summed E-state index contributed by atoms with van der Waals surface area (Å²) in [4.78, 5) is 18.7. The van der Waals surface area contributed by atoms with Gasteiger partial charge in [0.25, 0.3) is 5.91 Å². The van der Waals surface area contributed by atoms with Gasteiger partial charge in [-0.15, -0.1) is 0 Å². The fourth-order valence-electron chi connectivity index (χ4n) is 3.92. The van der Waals surface area contributed by atoms with Crippen molar-refractivity contribution in [2.75, 3.05) is 13.1 Å². The van der Waals surface area contributed by atoms with Gasteiger partial charge >= 0.3 is 6.18 Å². The third kappa shape index (κ3) is 4.13. The maximum atomic E-state index is 14.0. The highest BCUT2D eigenvalue weighted by Gasteiger charge is 2.36. The standard InChI is InChI=1S/C22H22F4N4O/c1-13(2)17-10-19(22(24,25)26)30-20(27-17)11-18(28-30)14-6-5-9-29(12-14)21(31)15-7-3-4-8-16(15)23/h3-4,7-8,10-11,13-14H,5-6,9,12H2,1-2H3. The molecule has 0 bridgehead atoms. The van der Waals surface area contributed by atoms with E-state index in [1.807, 2.05) is 0 Å². The quantitative estimate of drug-likeness (QED) is 0.544. The Hall–Kier alpha value is -2.97. The van der Waals surface area contributed by atoms with Crippen LogP contribution in [0.15, 0.2) is 36.4 Å². The van der Waals surface area contributed by atoms with Gasteiger partial charge in [-0.3, -0.25) is 4.79 Å². The molecule has 0 saturated carbocycles. The lowest BCUT2D eigenvalue weighted by molar-refractivity contribution is -0.142. The highest BCUT2D eigenvalue weighted by Crippen LogP contribution is 2.33. The highest BCUT2D eigenvalue weighted by molar-refractivity contribution is 5.94. The molecule has 1 atom stereocenters. The third-order valence-electron chi connectivity index (χ3n) is 5.58. The van der Waals surface area contributed by atoms with E-state index in [2.05, 4.69) is 10.1 Å². The van der Waals surface area contributed by atoms with Gasteiger partial charge in [0, 0.05) is 30.8 Å². The smallest absolute Gasteiger partial charge is 0.338 e. The predicted octanol–water partition coefficient (Wildman–Crippen LogP) is 5.03. The molecule has 9 heteroatoms. The Bertz CT molecular complexity index is 1120. The summed E-state index contributed by atoms with van der Waals surface area (Å²) < 4.78 is 55.8. The minimum atomic E-state index is -4.58. The average molecular weight is 434 g/mol. The largest absolute Gasteiger partial charge is 0.433 e. The molecule has 3 aromatic rings. The summed E-state index contributed by atoms with van der Waals surface area (Å²) in [6.07, 6.45) is -3.26. The summed E-state index contributed by atoms with van der Waals surface area (Å²) in [6, 6.07) is 8.35. The Balaban J connectivity index is 1.67. The number of halogens is 4. The van der Waals surface area contributed by atoms with Crippen molar-refractivity contribution in [1.82, 2.24) is 19.5 Å². The second kappa shape index (κ2) is 7.94. The number of hydrogen-bond acceptors (Lipinski definition) is 3. The molecule has 2 aromatic heterocycles. The van der Waals surface area contributed by atoms with Crippen molar-refractivity contribution >= 4 is 11.6 Å². The molecule has 5 nitrogen and oxygen atoms in total. The van der Waals surface area contributed by atoms with Gasteiger partial charge in [0.15, 0.2) is 5.65 Å². The number of rotatable bonds is 3. The number of hydrogen-bond donors (Lipinski definition) is 0. The van der Waals surface area contributed by atoms with Gasteiger partial charge in [-0.2, -0.15) is 18.3 Å². The van der Waals surface area contributed by atoms with Crippen molar-refractivity contribution in [3.8, 4) is 0 Å². The zero-order valence-corrected chi connectivity index (χ0v) is 17.2. The van der Waals surface area contributed by atoms with Gasteiger partial charge in [-0.25, -0.2) is 13.9 Å². The molecule has 0 radical (unpaired) electrons. The zero-order valence-electron chi connectivity index (χ0n) is 17.2. The Morgan fingerprint density at radius 2 is 1.94 bits per heavy atom. The van der Waals surface area contributed by atoms with Crippen LogP contribution < -0.4 is 0 Å². The predicted molar refractivity (Wildman–Crippen MR) is 106 cm³/mol. The monoisotopic (exact) mass is 434 g/mol. The lowest BCUT2D eigenvalue weighted by Crippen LogP contribution is -2.39. The molecule has 1 aliphatic rings. The Kier molecular flexibility index (Phi) is 5.45. The maximum Gasteiger partial charge on any atom is 0.433 e. The van der Waals surface area contributed by atoms with E-state index in [-0.39, 0.29) is 29.6 Å². The summed E-state index contributed by atoms with van der Waals surface area (Å²) in [5.41, 5.74) is 0.0330. The number of carbonyl (C=O) groups excluding carboxylic acids is 1. The van der Waals surface area contributed by atoms with Crippen LogP contribution in [-0.4, -0.2) is 38.5 Å². The third-order valence-corrected chi connectivity index (χ3v) is 5.58. The first-order chi connectivity index (χ1) is 14.6. The van der Waals surface area contributed by atoms with Crippen LogP contribution >= 0.6 is 0 Å². The molecule has 1 amide bonds. The topological polar surface area (TPSA) is 50.5 Å². The first-order valence-electron chi connectivity index (χ1n) is 10.2. The fraction of sp³-hybridized carbons (Fsp3) is 0.409. The number of fused-ring (bicyclic) bond motifs is 1. The summed E-state index contributed by atoms with van der Waals surface area (Å²) in [5, 5.41) is 4.21. The number of carbonyl (C=O) groups is 1. The van der Waals surface area contributed by atoms with E-state index in [1.54, 1.807) is 26.0 Å². The van der Waals surface area contributed by atoms with Crippen molar-refractivity contribution in [3.05, 3.63) is 64.9 Å². The van der Waals surface area contributed by atoms with Gasteiger partial charge in [0.05, 0.1) is 11.3 Å². The normalized spacial score (nSPS) is 17.5. The fourth-order valence-corrected chi connectivity index (χ4v) is 3.92. The Morgan fingerprint density at radius 3 is 2.61 bits per heavy atom. The molecule has 4 rings (SSSR count). The van der Waals surface area contributed by atoms with E-state index < -0.39 is 23.6 Å². The van der Waals surface area contributed by atoms with Crippen LogP contribution in [0.2, 0.25) is 0 Å². The first kappa shape index (κ1) is 21.3. The van der Waals surface area contributed by atoms with Crippen LogP contribution in [-0.2, 0) is 6.18 Å². The number of benzene rings is 1. The molecule has 1 fully saturated rings. The second-order valence-electron chi connectivity index (χ2n) is 8.13. The summed E-state index contributed by atoms with van der Waals surface area (Å²) in [6.45, 7) is 4.28. The number of piperidine rings is 1. The number of nitrogens with zero attached hydrogens (tertiary/aromatic N) is 4. The van der Waals surface area contributed by atoms with Crippen LogP contribution in [0, 0.1) is 5.82 Å². The molecule has 1 aromatic carbocycles. The lowest BCUT2D eigenvalue weighted by atomic mass is 9.94. The van der Waals surface area contributed by atoms with Gasteiger partial charge in [-0.05, 0) is 37.0 Å². The van der Waals surface area contributed by atoms with E-state index in [0.717, 1.165) is 10.6 Å².